The van der Waals surface area contributed by atoms with Gasteiger partial charge in [-0.1, -0.05) is 17.7 Å². The van der Waals surface area contributed by atoms with Gasteiger partial charge in [-0.2, -0.15) is 8.42 Å². The molecule has 0 amide bonds. The van der Waals surface area contributed by atoms with E-state index in [1.54, 1.807) is 37.4 Å². The summed E-state index contributed by atoms with van der Waals surface area (Å²) in [5.41, 5.74) is 1.10. The van der Waals surface area contributed by atoms with E-state index in [1.165, 1.54) is 0 Å². The van der Waals surface area contributed by atoms with Crippen LogP contribution in [0.1, 0.15) is 25.5 Å². The average molecular weight is 300 g/mol. The fourth-order valence-corrected chi connectivity index (χ4v) is 3.34. The van der Waals surface area contributed by atoms with Crippen molar-refractivity contribution >= 4 is 27.3 Å². The van der Waals surface area contributed by atoms with E-state index >= 15 is 0 Å². The molecule has 0 atom stereocenters. The second-order valence-electron chi connectivity index (χ2n) is 4.00. The van der Waals surface area contributed by atoms with E-state index in [0.717, 1.165) is 0 Å². The fourth-order valence-electron chi connectivity index (χ4n) is 1.90. The maximum atomic E-state index is 12.1. The number of hydrogen-bond acceptors (Lipinski definition) is 4. The second-order valence-corrected chi connectivity index (χ2v) is 6.13. The lowest BCUT2D eigenvalue weighted by Gasteiger charge is -2.17. The lowest BCUT2D eigenvalue weighted by molar-refractivity contribution is 0.342. The summed E-state index contributed by atoms with van der Waals surface area (Å²) in [6.45, 7) is 1.75. The minimum Gasteiger partial charge on any atom is -0.267 e. The zero-order valence-electron chi connectivity index (χ0n) is 10.5. The molecule has 0 unspecified atom stereocenters. The van der Waals surface area contributed by atoms with E-state index in [1.807, 2.05) is 0 Å². The maximum absolute atomic E-state index is 12.1. The van der Waals surface area contributed by atoms with Crippen LogP contribution in [0.2, 0.25) is 0 Å². The topological polar surface area (TPSA) is 56.3 Å². The summed E-state index contributed by atoms with van der Waals surface area (Å²) in [7, 11) is -3.72. The van der Waals surface area contributed by atoms with Gasteiger partial charge in [0.05, 0.1) is 17.2 Å². The summed E-state index contributed by atoms with van der Waals surface area (Å²) < 4.78 is 29.1. The largest absolute Gasteiger partial charge is 0.293 e. The van der Waals surface area contributed by atoms with E-state index in [2.05, 4.69) is 4.98 Å². The van der Waals surface area contributed by atoms with Crippen molar-refractivity contribution in [3.8, 4) is 0 Å². The van der Waals surface area contributed by atoms with Gasteiger partial charge >= 0.3 is 0 Å². The number of allylic oxidation sites excluding steroid dienone is 4. The van der Waals surface area contributed by atoms with Crippen molar-refractivity contribution < 1.29 is 12.6 Å². The first-order valence-electron chi connectivity index (χ1n) is 5.94. The molecule has 0 spiro atoms. The Kier molecular flexibility index (Phi) is 4.39. The Balaban J connectivity index is 2.58. The van der Waals surface area contributed by atoms with Gasteiger partial charge in [-0.15, -0.1) is 0 Å². The third-order valence-corrected chi connectivity index (χ3v) is 4.58. The highest BCUT2D eigenvalue weighted by Crippen LogP contribution is 2.34. The molecule has 19 heavy (non-hydrogen) atoms. The third kappa shape index (κ3) is 3.23. The minimum atomic E-state index is -3.72. The number of nitrogens with zero attached hydrogens (tertiary/aromatic N) is 1. The van der Waals surface area contributed by atoms with Gasteiger partial charge in [0.2, 0.25) is 0 Å². The summed E-state index contributed by atoms with van der Waals surface area (Å²) in [4.78, 5) is 4.43. The number of halogens is 1. The first-order valence-corrected chi connectivity index (χ1v) is 7.73. The van der Waals surface area contributed by atoms with Crippen molar-refractivity contribution in [3.63, 3.8) is 0 Å². The summed E-state index contributed by atoms with van der Waals surface area (Å²) in [5, 5.41) is 0.621. The third-order valence-electron chi connectivity index (χ3n) is 2.71. The van der Waals surface area contributed by atoms with Crippen molar-refractivity contribution in [2.45, 2.75) is 19.8 Å². The minimum absolute atomic E-state index is 0.110. The zero-order chi connectivity index (χ0) is 13.9. The highest BCUT2D eigenvalue weighted by atomic mass is 35.5. The van der Waals surface area contributed by atoms with Crippen molar-refractivity contribution in [1.29, 1.82) is 0 Å². The molecule has 1 heterocycles. The van der Waals surface area contributed by atoms with Crippen LogP contribution in [-0.2, 0) is 14.3 Å². The smallest absolute Gasteiger partial charge is 0.267 e. The number of pyridine rings is 1. The van der Waals surface area contributed by atoms with Crippen molar-refractivity contribution in [3.05, 3.63) is 46.1 Å². The van der Waals surface area contributed by atoms with Crippen LogP contribution in [0.3, 0.4) is 0 Å². The van der Waals surface area contributed by atoms with Gasteiger partial charge in [0.1, 0.15) is 0 Å². The molecule has 0 fully saturated rings. The molecule has 102 valence electrons. The highest BCUT2D eigenvalue weighted by molar-refractivity contribution is 7.90. The Morgan fingerprint density at radius 1 is 1.37 bits per heavy atom. The number of aromatic nitrogens is 1. The first-order chi connectivity index (χ1) is 9.04. The molecule has 1 aliphatic rings. The molecule has 1 aliphatic carbocycles. The van der Waals surface area contributed by atoms with Crippen LogP contribution in [0.25, 0.3) is 5.57 Å². The molecule has 0 bridgehead atoms. The van der Waals surface area contributed by atoms with Crippen molar-refractivity contribution in [2.75, 3.05) is 6.61 Å². The van der Waals surface area contributed by atoms with Gasteiger partial charge in [-0.3, -0.25) is 9.17 Å². The van der Waals surface area contributed by atoms with Gasteiger partial charge < -0.3 is 0 Å². The predicted octanol–water partition coefficient (Wildman–Crippen LogP) is 3.08. The van der Waals surface area contributed by atoms with E-state index in [-0.39, 0.29) is 11.5 Å². The van der Waals surface area contributed by atoms with Crippen LogP contribution in [0.4, 0.5) is 0 Å². The molecule has 6 heteroatoms. The van der Waals surface area contributed by atoms with Crippen LogP contribution in [0.15, 0.2) is 40.4 Å². The lowest BCUT2D eigenvalue weighted by atomic mass is 10.0. The molecular formula is C13H14ClNO3S. The summed E-state index contributed by atoms with van der Waals surface area (Å²) >= 11 is 6.02. The highest BCUT2D eigenvalue weighted by Gasteiger charge is 2.26. The van der Waals surface area contributed by atoms with Crippen LogP contribution < -0.4 is 0 Å². The number of hydrogen-bond donors (Lipinski definition) is 0. The molecule has 2 rings (SSSR count). The number of rotatable bonds is 4. The Labute approximate surface area is 117 Å². The van der Waals surface area contributed by atoms with Gasteiger partial charge in [-0.05, 0) is 38.0 Å². The van der Waals surface area contributed by atoms with Crippen LogP contribution >= 0.6 is 11.6 Å². The van der Waals surface area contributed by atoms with E-state index in [9.17, 15) is 8.42 Å². The molecule has 0 N–H and O–H groups in total. The average Bonchev–Trinajstić information content (AvgIpc) is 2.39. The SMILES string of the molecule is CCOS(=O)(=O)C1=C(c2ccccn2)C=C(Cl)CC1. The van der Waals surface area contributed by atoms with Crippen molar-refractivity contribution in [1.82, 2.24) is 4.98 Å². The lowest BCUT2D eigenvalue weighted by Crippen LogP contribution is -2.13. The van der Waals surface area contributed by atoms with Gasteiger partial charge in [-0.25, -0.2) is 0 Å². The first kappa shape index (κ1) is 14.2. The zero-order valence-corrected chi connectivity index (χ0v) is 12.0. The van der Waals surface area contributed by atoms with Gasteiger partial charge in [0, 0.05) is 16.8 Å². The molecule has 0 radical (unpaired) electrons. The van der Waals surface area contributed by atoms with Gasteiger partial charge in [0.15, 0.2) is 0 Å². The molecule has 4 nitrogen and oxygen atoms in total. The van der Waals surface area contributed by atoms with Crippen LogP contribution in [-0.4, -0.2) is 20.0 Å². The van der Waals surface area contributed by atoms with Crippen molar-refractivity contribution in [2.24, 2.45) is 0 Å². The Hall–Kier alpha value is -1.17. The molecule has 0 saturated carbocycles. The Morgan fingerprint density at radius 3 is 2.79 bits per heavy atom. The summed E-state index contributed by atoms with van der Waals surface area (Å²) in [5.74, 6) is 0. The fraction of sp³-hybridized carbons (Fsp3) is 0.308. The maximum Gasteiger partial charge on any atom is 0.293 e. The second kappa shape index (κ2) is 5.86. The summed E-state index contributed by atoms with van der Waals surface area (Å²) in [6.07, 6.45) is 4.10. The normalized spacial score (nSPS) is 16.4. The molecular weight excluding hydrogens is 286 g/mol. The molecule has 0 aliphatic heterocycles. The molecule has 1 aromatic heterocycles. The molecule has 0 saturated heterocycles. The van der Waals surface area contributed by atoms with E-state index < -0.39 is 10.1 Å². The predicted molar refractivity (Wildman–Crippen MR) is 74.9 cm³/mol. The van der Waals surface area contributed by atoms with Crippen LogP contribution in [0.5, 0.6) is 0 Å². The van der Waals surface area contributed by atoms with E-state index in [4.69, 9.17) is 15.8 Å². The monoisotopic (exact) mass is 299 g/mol. The Morgan fingerprint density at radius 2 is 2.16 bits per heavy atom. The standard InChI is InChI=1S/C13H14ClNO3S/c1-2-18-19(16,17)13-7-6-10(14)9-11(13)12-5-3-4-8-15-12/h3-5,8-9H,2,6-7H2,1H3. The summed E-state index contributed by atoms with van der Waals surface area (Å²) in [6, 6.07) is 5.33. The van der Waals surface area contributed by atoms with Gasteiger partial charge in [0.25, 0.3) is 10.1 Å². The Bertz CT molecular complexity index is 621. The van der Waals surface area contributed by atoms with Crippen LogP contribution in [0, 0.1) is 0 Å². The van der Waals surface area contributed by atoms with E-state index in [0.29, 0.717) is 29.1 Å². The molecule has 0 aromatic carbocycles. The quantitative estimate of drug-likeness (QED) is 0.802. The molecule has 1 aromatic rings.